The molecule has 26 heavy (non-hydrogen) atoms. The SMILES string of the molecule is CCCCCCCCCCCc1cc(C(C)(C)C)c(O)c(C(C)(C)C)c1. The molecule has 0 fully saturated rings. The summed E-state index contributed by atoms with van der Waals surface area (Å²) in [5.74, 6) is 0.501. The number of aromatic hydroxyl groups is 1. The summed E-state index contributed by atoms with van der Waals surface area (Å²) in [6, 6.07) is 4.49. The van der Waals surface area contributed by atoms with E-state index in [1.165, 1.54) is 63.4 Å². The van der Waals surface area contributed by atoms with E-state index in [0.717, 1.165) is 17.5 Å². The average molecular weight is 361 g/mol. The van der Waals surface area contributed by atoms with Crippen molar-refractivity contribution < 1.29 is 5.11 Å². The van der Waals surface area contributed by atoms with E-state index in [9.17, 15) is 5.11 Å². The number of rotatable bonds is 10. The molecule has 0 saturated heterocycles. The largest absolute Gasteiger partial charge is 0.507 e. The lowest BCUT2D eigenvalue weighted by Gasteiger charge is -2.28. The second-order valence-corrected chi connectivity index (χ2v) is 10.1. The first-order valence-electron chi connectivity index (χ1n) is 10.9. The molecule has 0 aliphatic rings. The summed E-state index contributed by atoms with van der Waals surface area (Å²) >= 11 is 0. The Labute approximate surface area is 163 Å². The lowest BCUT2D eigenvalue weighted by atomic mass is 9.78. The molecule has 0 heterocycles. The van der Waals surface area contributed by atoms with Gasteiger partial charge >= 0.3 is 0 Å². The molecular weight excluding hydrogens is 316 g/mol. The molecule has 0 atom stereocenters. The monoisotopic (exact) mass is 360 g/mol. The Bertz CT molecular complexity index is 493. The van der Waals surface area contributed by atoms with Crippen LogP contribution in [0.2, 0.25) is 0 Å². The van der Waals surface area contributed by atoms with Crippen LogP contribution in [0.15, 0.2) is 12.1 Å². The van der Waals surface area contributed by atoms with Gasteiger partial charge in [-0.1, -0.05) is 112 Å². The van der Waals surface area contributed by atoms with Gasteiger partial charge in [-0.3, -0.25) is 0 Å². The average Bonchev–Trinajstić information content (AvgIpc) is 2.52. The van der Waals surface area contributed by atoms with E-state index in [2.05, 4.69) is 60.6 Å². The Morgan fingerprint density at radius 2 is 1.04 bits per heavy atom. The van der Waals surface area contributed by atoms with Gasteiger partial charge in [0.15, 0.2) is 0 Å². The fraction of sp³-hybridized carbons (Fsp3) is 0.760. The van der Waals surface area contributed by atoms with Crippen molar-refractivity contribution >= 4 is 0 Å². The number of benzene rings is 1. The second-order valence-electron chi connectivity index (χ2n) is 10.1. The molecular formula is C25H44O. The van der Waals surface area contributed by atoms with Gasteiger partial charge in [0.25, 0.3) is 0 Å². The molecule has 0 amide bonds. The van der Waals surface area contributed by atoms with Gasteiger partial charge in [-0.2, -0.15) is 0 Å². The highest BCUT2D eigenvalue weighted by Crippen LogP contribution is 2.40. The molecule has 0 aromatic heterocycles. The Kier molecular flexibility index (Phi) is 9.21. The fourth-order valence-corrected chi connectivity index (χ4v) is 3.62. The van der Waals surface area contributed by atoms with Gasteiger partial charge < -0.3 is 5.11 Å². The Balaban J connectivity index is 2.61. The fourth-order valence-electron chi connectivity index (χ4n) is 3.62. The minimum atomic E-state index is -0.0292. The summed E-state index contributed by atoms with van der Waals surface area (Å²) in [6.45, 7) is 15.4. The van der Waals surface area contributed by atoms with Crippen LogP contribution in [-0.4, -0.2) is 5.11 Å². The standard InChI is InChI=1S/C25H44O/c1-8-9-10-11-12-13-14-15-16-17-20-18-21(24(2,3)4)23(26)22(19-20)25(5,6)7/h18-19,26H,8-17H2,1-7H3. The van der Waals surface area contributed by atoms with E-state index < -0.39 is 0 Å². The Hall–Kier alpha value is -0.980. The first-order chi connectivity index (χ1) is 12.1. The summed E-state index contributed by atoms with van der Waals surface area (Å²) in [7, 11) is 0. The van der Waals surface area contributed by atoms with Crippen molar-refractivity contribution in [1.29, 1.82) is 0 Å². The van der Waals surface area contributed by atoms with Crippen molar-refractivity contribution in [1.82, 2.24) is 0 Å². The lowest BCUT2D eigenvalue weighted by molar-refractivity contribution is 0.422. The number of unbranched alkanes of at least 4 members (excludes halogenated alkanes) is 8. The van der Waals surface area contributed by atoms with Gasteiger partial charge in [-0.05, 0) is 40.4 Å². The zero-order valence-electron chi connectivity index (χ0n) is 18.7. The number of aryl methyl sites for hydroxylation is 1. The van der Waals surface area contributed by atoms with Gasteiger partial charge in [0.2, 0.25) is 0 Å². The van der Waals surface area contributed by atoms with Gasteiger partial charge in [0.1, 0.15) is 5.75 Å². The normalized spacial score (nSPS) is 12.6. The van der Waals surface area contributed by atoms with Gasteiger partial charge in [-0.15, -0.1) is 0 Å². The van der Waals surface area contributed by atoms with Gasteiger partial charge in [0, 0.05) is 0 Å². The van der Waals surface area contributed by atoms with Crippen LogP contribution in [0.3, 0.4) is 0 Å². The minimum absolute atomic E-state index is 0.0292. The van der Waals surface area contributed by atoms with E-state index in [1.807, 2.05) is 0 Å². The van der Waals surface area contributed by atoms with Crippen LogP contribution in [-0.2, 0) is 17.3 Å². The van der Waals surface area contributed by atoms with E-state index >= 15 is 0 Å². The zero-order valence-corrected chi connectivity index (χ0v) is 18.7. The number of phenols is 1. The molecule has 0 unspecified atom stereocenters. The molecule has 1 nitrogen and oxygen atoms in total. The van der Waals surface area contributed by atoms with Crippen LogP contribution in [0.4, 0.5) is 0 Å². The van der Waals surface area contributed by atoms with Crippen molar-refractivity contribution in [2.75, 3.05) is 0 Å². The molecule has 150 valence electrons. The topological polar surface area (TPSA) is 20.2 Å². The molecule has 0 radical (unpaired) electrons. The molecule has 1 rings (SSSR count). The van der Waals surface area contributed by atoms with Crippen molar-refractivity contribution in [2.24, 2.45) is 0 Å². The Morgan fingerprint density at radius 1 is 0.654 bits per heavy atom. The van der Waals surface area contributed by atoms with Crippen molar-refractivity contribution in [2.45, 2.75) is 124 Å². The minimum Gasteiger partial charge on any atom is -0.507 e. The van der Waals surface area contributed by atoms with Gasteiger partial charge in [-0.25, -0.2) is 0 Å². The lowest BCUT2D eigenvalue weighted by Crippen LogP contribution is -2.18. The summed E-state index contributed by atoms with van der Waals surface area (Å²) < 4.78 is 0. The summed E-state index contributed by atoms with van der Waals surface area (Å²) in [6.07, 6.45) is 13.4. The van der Waals surface area contributed by atoms with E-state index in [-0.39, 0.29) is 10.8 Å². The maximum absolute atomic E-state index is 10.8. The first kappa shape index (κ1) is 23.1. The molecule has 0 bridgehead atoms. The van der Waals surface area contributed by atoms with Crippen molar-refractivity contribution in [3.05, 3.63) is 28.8 Å². The Morgan fingerprint density at radius 3 is 1.42 bits per heavy atom. The highest BCUT2D eigenvalue weighted by molar-refractivity contribution is 5.49. The first-order valence-corrected chi connectivity index (χ1v) is 10.9. The highest BCUT2D eigenvalue weighted by atomic mass is 16.3. The summed E-state index contributed by atoms with van der Waals surface area (Å²) in [5.41, 5.74) is 3.52. The van der Waals surface area contributed by atoms with E-state index in [0.29, 0.717) is 5.75 Å². The molecule has 1 N–H and O–H groups in total. The maximum atomic E-state index is 10.8. The predicted octanol–water partition coefficient (Wildman–Crippen LogP) is 8.06. The van der Waals surface area contributed by atoms with Crippen molar-refractivity contribution in [3.8, 4) is 5.75 Å². The molecule has 0 spiro atoms. The summed E-state index contributed by atoms with van der Waals surface area (Å²) in [5, 5.41) is 10.8. The third-order valence-electron chi connectivity index (χ3n) is 5.35. The van der Waals surface area contributed by atoms with Crippen LogP contribution >= 0.6 is 0 Å². The predicted molar refractivity (Wildman–Crippen MR) is 116 cm³/mol. The van der Waals surface area contributed by atoms with Crippen LogP contribution in [0.25, 0.3) is 0 Å². The van der Waals surface area contributed by atoms with Crippen LogP contribution in [0.1, 0.15) is 123 Å². The smallest absolute Gasteiger partial charge is 0.123 e. The van der Waals surface area contributed by atoms with Crippen molar-refractivity contribution in [3.63, 3.8) is 0 Å². The number of hydrogen-bond acceptors (Lipinski definition) is 1. The van der Waals surface area contributed by atoms with E-state index in [4.69, 9.17) is 0 Å². The maximum Gasteiger partial charge on any atom is 0.123 e. The van der Waals surface area contributed by atoms with Crippen LogP contribution < -0.4 is 0 Å². The van der Waals surface area contributed by atoms with Gasteiger partial charge in [0.05, 0.1) is 0 Å². The molecule has 1 aromatic carbocycles. The van der Waals surface area contributed by atoms with Crippen LogP contribution in [0, 0.1) is 0 Å². The summed E-state index contributed by atoms with van der Waals surface area (Å²) in [4.78, 5) is 0. The highest BCUT2D eigenvalue weighted by Gasteiger charge is 2.26. The zero-order chi connectivity index (χ0) is 19.8. The molecule has 0 aliphatic heterocycles. The molecule has 0 aliphatic carbocycles. The number of hydrogen-bond donors (Lipinski definition) is 1. The third kappa shape index (κ3) is 7.72. The van der Waals surface area contributed by atoms with E-state index in [1.54, 1.807) is 0 Å². The second kappa shape index (κ2) is 10.4. The molecule has 1 heteroatoms. The quantitative estimate of drug-likeness (QED) is 0.418. The molecule has 0 saturated carbocycles. The van der Waals surface area contributed by atoms with Crippen LogP contribution in [0.5, 0.6) is 5.75 Å². The number of phenolic OH excluding ortho intramolecular Hbond substituents is 1. The third-order valence-corrected chi connectivity index (χ3v) is 5.35. The molecule has 1 aromatic rings.